The van der Waals surface area contributed by atoms with E-state index in [1.807, 2.05) is 6.07 Å². The number of Topliss-reactive ketones (excluding diaryl/α,β-unsaturated/α-hetero) is 1. The third-order valence-corrected chi connectivity index (χ3v) is 1.81. The number of carbonyl (C=O) groups is 1. The minimum absolute atomic E-state index is 0.0258. The monoisotopic (exact) mass is 177 g/mol. The van der Waals surface area contributed by atoms with Crippen LogP contribution < -0.4 is 0 Å². The molecule has 0 saturated heterocycles. The van der Waals surface area contributed by atoms with Crippen molar-refractivity contribution in [2.45, 2.75) is 13.8 Å². The Labute approximate surface area is 75.6 Å². The van der Waals surface area contributed by atoms with E-state index in [0.717, 1.165) is 0 Å². The summed E-state index contributed by atoms with van der Waals surface area (Å²) in [6, 6.07) is 4.39. The fourth-order valence-electron chi connectivity index (χ4n) is 1.06. The van der Waals surface area contributed by atoms with Gasteiger partial charge in [0.05, 0.1) is 17.2 Å². The first-order chi connectivity index (χ1) is 6.06. The van der Waals surface area contributed by atoms with Crippen LogP contribution in [0.5, 0.6) is 0 Å². The first kappa shape index (κ1) is 9.40. The topological polar surface area (TPSA) is 40.9 Å². The van der Waals surface area contributed by atoms with Crippen LogP contribution in [-0.4, -0.2) is 5.78 Å². The Morgan fingerprint density at radius 2 is 2.15 bits per heavy atom. The summed E-state index contributed by atoms with van der Waals surface area (Å²) in [5.41, 5.74) is 0.860. The SMILES string of the molecule is CC(=O)c1cc(C#N)c(C)cc1F. The molecule has 0 N–H and O–H groups in total. The van der Waals surface area contributed by atoms with Crippen LogP contribution >= 0.6 is 0 Å². The summed E-state index contributed by atoms with van der Waals surface area (Å²) in [7, 11) is 0. The summed E-state index contributed by atoms with van der Waals surface area (Å²) in [5, 5.41) is 8.63. The molecule has 0 aliphatic heterocycles. The average Bonchev–Trinajstić information content (AvgIpc) is 2.03. The molecule has 0 amide bonds. The fourth-order valence-corrected chi connectivity index (χ4v) is 1.06. The van der Waals surface area contributed by atoms with Gasteiger partial charge in [-0.2, -0.15) is 5.26 Å². The highest BCUT2D eigenvalue weighted by Crippen LogP contribution is 2.15. The molecule has 13 heavy (non-hydrogen) atoms. The average molecular weight is 177 g/mol. The van der Waals surface area contributed by atoms with E-state index in [0.29, 0.717) is 11.1 Å². The van der Waals surface area contributed by atoms with Gasteiger partial charge in [0.2, 0.25) is 0 Å². The third-order valence-electron chi connectivity index (χ3n) is 1.81. The number of benzene rings is 1. The van der Waals surface area contributed by atoms with Gasteiger partial charge >= 0.3 is 0 Å². The lowest BCUT2D eigenvalue weighted by Crippen LogP contribution is -1.99. The molecule has 0 radical (unpaired) electrons. The molecule has 0 unspecified atom stereocenters. The lowest BCUT2D eigenvalue weighted by atomic mass is 10.0. The number of hydrogen-bond acceptors (Lipinski definition) is 2. The molecule has 1 aromatic carbocycles. The number of hydrogen-bond donors (Lipinski definition) is 0. The lowest BCUT2D eigenvalue weighted by molar-refractivity contribution is 0.101. The molecule has 0 fully saturated rings. The normalized spacial score (nSPS) is 9.38. The Hall–Kier alpha value is -1.69. The molecule has 1 aromatic rings. The quantitative estimate of drug-likeness (QED) is 0.617. The van der Waals surface area contributed by atoms with Crippen molar-refractivity contribution in [2.75, 3.05) is 0 Å². The molecular formula is C10H8FNO. The van der Waals surface area contributed by atoms with Gasteiger partial charge in [-0.1, -0.05) is 0 Å². The second-order valence-electron chi connectivity index (χ2n) is 2.81. The van der Waals surface area contributed by atoms with Gasteiger partial charge in [0.1, 0.15) is 5.82 Å². The number of rotatable bonds is 1. The van der Waals surface area contributed by atoms with Gasteiger partial charge in [-0.05, 0) is 31.5 Å². The van der Waals surface area contributed by atoms with Gasteiger partial charge in [-0.3, -0.25) is 4.79 Å². The summed E-state index contributed by atoms with van der Waals surface area (Å²) in [6.07, 6.45) is 0. The molecule has 0 saturated carbocycles. The summed E-state index contributed by atoms with van der Waals surface area (Å²) < 4.78 is 13.1. The first-order valence-electron chi connectivity index (χ1n) is 3.77. The smallest absolute Gasteiger partial charge is 0.162 e. The largest absolute Gasteiger partial charge is 0.294 e. The molecule has 0 heterocycles. The molecule has 2 nitrogen and oxygen atoms in total. The maximum Gasteiger partial charge on any atom is 0.162 e. The molecule has 0 aromatic heterocycles. The van der Waals surface area contributed by atoms with Gasteiger partial charge in [0, 0.05) is 0 Å². The zero-order valence-corrected chi connectivity index (χ0v) is 7.39. The van der Waals surface area contributed by atoms with Crippen molar-refractivity contribution in [1.29, 1.82) is 5.26 Å². The molecule has 0 bridgehead atoms. The zero-order valence-electron chi connectivity index (χ0n) is 7.39. The second kappa shape index (κ2) is 3.36. The molecule has 0 spiro atoms. The summed E-state index contributed by atoms with van der Waals surface area (Å²) in [5.74, 6) is -0.932. The van der Waals surface area contributed by atoms with Crippen molar-refractivity contribution in [2.24, 2.45) is 0 Å². The number of carbonyl (C=O) groups excluding carboxylic acids is 1. The number of nitrogens with zero attached hydrogens (tertiary/aromatic N) is 1. The highest BCUT2D eigenvalue weighted by molar-refractivity contribution is 5.94. The Bertz CT molecular complexity index is 404. The van der Waals surface area contributed by atoms with Gasteiger partial charge in [-0.15, -0.1) is 0 Å². The van der Waals surface area contributed by atoms with Crippen LogP contribution in [0.2, 0.25) is 0 Å². The maximum atomic E-state index is 13.1. The van der Waals surface area contributed by atoms with Crippen LogP contribution in [0.1, 0.15) is 28.4 Å². The minimum atomic E-state index is -0.566. The molecule has 0 aliphatic carbocycles. The summed E-state index contributed by atoms with van der Waals surface area (Å²) >= 11 is 0. The highest BCUT2D eigenvalue weighted by atomic mass is 19.1. The van der Waals surface area contributed by atoms with E-state index < -0.39 is 5.82 Å². The van der Waals surface area contributed by atoms with Gasteiger partial charge in [-0.25, -0.2) is 4.39 Å². The predicted octanol–water partition coefficient (Wildman–Crippen LogP) is 2.21. The van der Waals surface area contributed by atoms with E-state index in [1.54, 1.807) is 6.92 Å². The highest BCUT2D eigenvalue weighted by Gasteiger charge is 2.10. The fraction of sp³-hybridized carbons (Fsp3) is 0.200. The number of ketones is 1. The van der Waals surface area contributed by atoms with E-state index in [-0.39, 0.29) is 11.3 Å². The van der Waals surface area contributed by atoms with Crippen molar-refractivity contribution in [3.8, 4) is 6.07 Å². The van der Waals surface area contributed by atoms with Crippen LogP contribution in [0.3, 0.4) is 0 Å². The summed E-state index contributed by atoms with van der Waals surface area (Å²) in [4.78, 5) is 10.9. The van der Waals surface area contributed by atoms with Crippen molar-refractivity contribution >= 4 is 5.78 Å². The van der Waals surface area contributed by atoms with Gasteiger partial charge < -0.3 is 0 Å². The standard InChI is InChI=1S/C10H8FNO/c1-6-3-10(11)9(7(2)13)4-8(6)5-12/h3-4H,1-2H3. The van der Waals surface area contributed by atoms with Crippen LogP contribution in [0.4, 0.5) is 4.39 Å². The molecule has 0 atom stereocenters. The van der Waals surface area contributed by atoms with E-state index in [2.05, 4.69) is 0 Å². The van der Waals surface area contributed by atoms with E-state index in [4.69, 9.17) is 5.26 Å². The van der Waals surface area contributed by atoms with Crippen LogP contribution in [-0.2, 0) is 0 Å². The Balaban J connectivity index is 3.41. The Morgan fingerprint density at radius 1 is 1.54 bits per heavy atom. The molecule has 1 rings (SSSR count). The molecule has 0 aliphatic rings. The number of aryl methyl sites for hydroxylation is 1. The minimum Gasteiger partial charge on any atom is -0.294 e. The van der Waals surface area contributed by atoms with Crippen molar-refractivity contribution in [3.63, 3.8) is 0 Å². The van der Waals surface area contributed by atoms with Crippen LogP contribution in [0.25, 0.3) is 0 Å². The van der Waals surface area contributed by atoms with Gasteiger partial charge in [0.25, 0.3) is 0 Å². The Morgan fingerprint density at radius 3 is 2.62 bits per heavy atom. The van der Waals surface area contributed by atoms with E-state index in [9.17, 15) is 9.18 Å². The third kappa shape index (κ3) is 1.73. The van der Waals surface area contributed by atoms with Crippen LogP contribution in [0.15, 0.2) is 12.1 Å². The van der Waals surface area contributed by atoms with Crippen molar-refractivity contribution in [3.05, 3.63) is 34.6 Å². The van der Waals surface area contributed by atoms with Crippen LogP contribution in [0, 0.1) is 24.1 Å². The molecule has 3 heteroatoms. The summed E-state index contributed by atoms with van der Waals surface area (Å²) in [6.45, 7) is 2.90. The molecule has 66 valence electrons. The molecular weight excluding hydrogens is 169 g/mol. The maximum absolute atomic E-state index is 13.1. The second-order valence-corrected chi connectivity index (χ2v) is 2.81. The zero-order chi connectivity index (χ0) is 10.0. The van der Waals surface area contributed by atoms with Crippen molar-refractivity contribution < 1.29 is 9.18 Å². The Kier molecular flexibility index (Phi) is 2.43. The van der Waals surface area contributed by atoms with Crippen molar-refractivity contribution in [1.82, 2.24) is 0 Å². The number of halogens is 1. The van der Waals surface area contributed by atoms with E-state index >= 15 is 0 Å². The lowest BCUT2D eigenvalue weighted by Gasteiger charge is -2.01. The predicted molar refractivity (Wildman–Crippen MR) is 45.9 cm³/mol. The van der Waals surface area contributed by atoms with Gasteiger partial charge in [0.15, 0.2) is 5.78 Å². The number of nitriles is 1. The van der Waals surface area contributed by atoms with E-state index in [1.165, 1.54) is 19.1 Å². The first-order valence-corrected chi connectivity index (χ1v) is 3.77.